The Morgan fingerprint density at radius 1 is 1.29 bits per heavy atom. The molecule has 2 N–H and O–H groups in total. The lowest BCUT2D eigenvalue weighted by Crippen LogP contribution is -2.33. The third-order valence-electron chi connectivity index (χ3n) is 1.99. The second-order valence-electron chi connectivity index (χ2n) is 3.40. The Hall–Kier alpha value is -1.01. The summed E-state index contributed by atoms with van der Waals surface area (Å²) in [5.74, 6) is -0.314. The van der Waals surface area contributed by atoms with Crippen LogP contribution in [0.15, 0.2) is 27.6 Å². The first-order chi connectivity index (χ1) is 8.00. The first-order valence-corrected chi connectivity index (χ1v) is 6.26. The molecule has 92 valence electrons. The topological polar surface area (TPSA) is 58.2 Å². The smallest absolute Gasteiger partial charge is 0.252 e. The molecule has 0 spiro atoms. The number of hydrogen-bond donors (Lipinski definition) is 3. The van der Waals surface area contributed by atoms with Crippen molar-refractivity contribution in [3.63, 3.8) is 0 Å². The summed E-state index contributed by atoms with van der Waals surface area (Å²) in [6.07, 6.45) is 0. The average molecular weight is 317 g/mol. The number of thiol groups is 1. The van der Waals surface area contributed by atoms with Gasteiger partial charge in [-0.2, -0.15) is 0 Å². The Morgan fingerprint density at radius 2 is 1.94 bits per heavy atom. The predicted octanol–water partition coefficient (Wildman–Crippen LogP) is 1.60. The first kappa shape index (κ1) is 14.1. The summed E-state index contributed by atoms with van der Waals surface area (Å²) in [7, 11) is 0. The van der Waals surface area contributed by atoms with Gasteiger partial charge in [0.05, 0.1) is 5.56 Å². The predicted molar refractivity (Wildman–Crippen MR) is 72.4 cm³/mol. The first-order valence-electron chi connectivity index (χ1n) is 5.02. The molecule has 0 atom stereocenters. The molecule has 0 heterocycles. The Morgan fingerprint density at radius 3 is 2.53 bits per heavy atom. The average Bonchev–Trinajstić information content (AvgIpc) is 2.23. The molecule has 17 heavy (non-hydrogen) atoms. The number of rotatable bonds is 4. The van der Waals surface area contributed by atoms with Crippen LogP contribution in [0.5, 0.6) is 0 Å². The van der Waals surface area contributed by atoms with E-state index < -0.39 is 0 Å². The molecule has 0 aliphatic heterocycles. The molecule has 1 aromatic rings. The highest BCUT2D eigenvalue weighted by molar-refractivity contribution is 9.10. The molecule has 0 bridgehead atoms. The van der Waals surface area contributed by atoms with Gasteiger partial charge in [0.1, 0.15) is 0 Å². The van der Waals surface area contributed by atoms with Gasteiger partial charge in [0.15, 0.2) is 0 Å². The van der Waals surface area contributed by atoms with E-state index in [1.807, 2.05) is 0 Å². The van der Waals surface area contributed by atoms with Crippen LogP contribution in [0, 0.1) is 0 Å². The normalized spacial score (nSPS) is 9.82. The monoisotopic (exact) mass is 316 g/mol. The van der Waals surface area contributed by atoms with E-state index in [0.717, 1.165) is 4.47 Å². The van der Waals surface area contributed by atoms with Crippen LogP contribution in [0.4, 0.5) is 0 Å². The zero-order chi connectivity index (χ0) is 12.8. The van der Waals surface area contributed by atoms with Gasteiger partial charge in [0.25, 0.3) is 5.91 Å². The van der Waals surface area contributed by atoms with Gasteiger partial charge in [-0.3, -0.25) is 9.59 Å². The molecule has 0 fully saturated rings. The lowest BCUT2D eigenvalue weighted by Gasteiger charge is -2.07. The van der Waals surface area contributed by atoms with Crippen LogP contribution >= 0.6 is 28.6 Å². The largest absolute Gasteiger partial charge is 0.355 e. The van der Waals surface area contributed by atoms with E-state index in [1.165, 1.54) is 6.92 Å². The van der Waals surface area contributed by atoms with E-state index in [-0.39, 0.29) is 11.8 Å². The Kier molecular flexibility index (Phi) is 5.50. The molecule has 0 aliphatic carbocycles. The van der Waals surface area contributed by atoms with Gasteiger partial charge in [-0.05, 0) is 18.2 Å². The van der Waals surface area contributed by atoms with Gasteiger partial charge in [0, 0.05) is 29.4 Å². The highest BCUT2D eigenvalue weighted by Gasteiger charge is 2.08. The maximum atomic E-state index is 11.7. The van der Waals surface area contributed by atoms with E-state index in [4.69, 9.17) is 0 Å². The molecular weight excluding hydrogens is 304 g/mol. The summed E-state index contributed by atoms with van der Waals surface area (Å²) < 4.78 is 0.872. The van der Waals surface area contributed by atoms with Crippen molar-refractivity contribution in [1.82, 2.24) is 10.6 Å². The molecule has 0 unspecified atom stereocenters. The van der Waals surface area contributed by atoms with Crippen LogP contribution in [0.1, 0.15) is 17.3 Å². The summed E-state index contributed by atoms with van der Waals surface area (Å²) in [6.45, 7) is 2.24. The third kappa shape index (κ3) is 4.79. The molecule has 6 heteroatoms. The van der Waals surface area contributed by atoms with Crippen molar-refractivity contribution in [3.8, 4) is 0 Å². The molecule has 4 nitrogen and oxygen atoms in total. The molecule has 0 radical (unpaired) electrons. The van der Waals surface area contributed by atoms with E-state index in [2.05, 4.69) is 39.2 Å². The van der Waals surface area contributed by atoms with Gasteiger partial charge < -0.3 is 10.6 Å². The van der Waals surface area contributed by atoms with Crippen molar-refractivity contribution in [2.75, 3.05) is 13.1 Å². The number of amides is 2. The number of carbonyl (C=O) groups is 2. The number of carbonyl (C=O) groups excluding carboxylic acids is 2. The minimum atomic E-state index is -0.201. The summed E-state index contributed by atoms with van der Waals surface area (Å²) in [5.41, 5.74) is 0.513. The van der Waals surface area contributed by atoms with Gasteiger partial charge in [-0.1, -0.05) is 15.9 Å². The summed E-state index contributed by atoms with van der Waals surface area (Å²) in [4.78, 5) is 23.0. The molecule has 1 aromatic carbocycles. The van der Waals surface area contributed by atoms with E-state index in [1.54, 1.807) is 18.2 Å². The molecule has 0 aromatic heterocycles. The highest BCUT2D eigenvalue weighted by atomic mass is 79.9. The minimum Gasteiger partial charge on any atom is -0.355 e. The zero-order valence-corrected chi connectivity index (χ0v) is 11.8. The molecule has 1 rings (SSSR count). The molecular formula is C11H13BrN2O2S. The lowest BCUT2D eigenvalue weighted by atomic mass is 10.2. The van der Waals surface area contributed by atoms with Crippen molar-refractivity contribution in [1.29, 1.82) is 0 Å². The highest BCUT2D eigenvalue weighted by Crippen LogP contribution is 2.19. The molecule has 0 saturated carbocycles. The molecule has 0 aliphatic rings. The van der Waals surface area contributed by atoms with Crippen molar-refractivity contribution < 1.29 is 9.59 Å². The fourth-order valence-electron chi connectivity index (χ4n) is 1.21. The van der Waals surface area contributed by atoms with Gasteiger partial charge in [0.2, 0.25) is 5.91 Å². The fourth-order valence-corrected chi connectivity index (χ4v) is 2.06. The number of nitrogens with one attached hydrogen (secondary N) is 2. The van der Waals surface area contributed by atoms with Crippen molar-refractivity contribution in [3.05, 3.63) is 28.2 Å². The van der Waals surface area contributed by atoms with Crippen LogP contribution < -0.4 is 10.6 Å². The Bertz CT molecular complexity index is 437. The van der Waals surface area contributed by atoms with Crippen molar-refractivity contribution in [2.24, 2.45) is 0 Å². The SMILES string of the molecule is CC(=O)NCCNC(=O)c1ccc(Br)cc1S. The number of benzene rings is 1. The fraction of sp³-hybridized carbons (Fsp3) is 0.273. The second-order valence-corrected chi connectivity index (χ2v) is 4.80. The summed E-state index contributed by atoms with van der Waals surface area (Å²) >= 11 is 7.52. The van der Waals surface area contributed by atoms with Crippen LogP contribution in [0.25, 0.3) is 0 Å². The van der Waals surface area contributed by atoms with Crippen LogP contribution in [0.2, 0.25) is 0 Å². The van der Waals surface area contributed by atoms with Gasteiger partial charge >= 0.3 is 0 Å². The number of hydrogen-bond acceptors (Lipinski definition) is 3. The maximum Gasteiger partial charge on any atom is 0.252 e. The Labute approximate surface area is 114 Å². The zero-order valence-electron chi connectivity index (χ0n) is 9.29. The molecule has 2 amide bonds. The number of halogens is 1. The second kappa shape index (κ2) is 6.66. The minimum absolute atomic E-state index is 0.113. The van der Waals surface area contributed by atoms with E-state index in [0.29, 0.717) is 23.5 Å². The summed E-state index contributed by atoms with van der Waals surface area (Å²) in [6, 6.07) is 5.23. The quantitative estimate of drug-likeness (QED) is 0.584. The molecule has 0 saturated heterocycles. The van der Waals surface area contributed by atoms with Crippen molar-refractivity contribution in [2.45, 2.75) is 11.8 Å². The maximum absolute atomic E-state index is 11.7. The summed E-state index contributed by atoms with van der Waals surface area (Å²) in [5, 5.41) is 5.29. The van der Waals surface area contributed by atoms with Crippen molar-refractivity contribution >= 4 is 40.4 Å². The lowest BCUT2D eigenvalue weighted by molar-refractivity contribution is -0.118. The van der Waals surface area contributed by atoms with Crippen LogP contribution in [0.3, 0.4) is 0 Å². The van der Waals surface area contributed by atoms with Crippen LogP contribution in [-0.2, 0) is 4.79 Å². The van der Waals surface area contributed by atoms with Gasteiger partial charge in [-0.15, -0.1) is 12.6 Å². The van der Waals surface area contributed by atoms with Crippen LogP contribution in [-0.4, -0.2) is 24.9 Å². The van der Waals surface area contributed by atoms with E-state index in [9.17, 15) is 9.59 Å². The van der Waals surface area contributed by atoms with Gasteiger partial charge in [-0.25, -0.2) is 0 Å². The standard InChI is InChI=1S/C11H13BrN2O2S/c1-7(15)13-4-5-14-11(16)9-3-2-8(12)6-10(9)17/h2-3,6,17H,4-5H2,1H3,(H,13,15)(H,14,16). The Balaban J connectivity index is 2.50. The third-order valence-corrected chi connectivity index (χ3v) is 2.85. The van der Waals surface area contributed by atoms with E-state index >= 15 is 0 Å².